The van der Waals surface area contributed by atoms with Crippen LogP contribution >= 0.6 is 0 Å². The number of para-hydroxylation sites is 2. The summed E-state index contributed by atoms with van der Waals surface area (Å²) in [5.74, 6) is -0.281. The van der Waals surface area contributed by atoms with Crippen molar-refractivity contribution in [2.75, 3.05) is 12.5 Å². The van der Waals surface area contributed by atoms with Crippen LogP contribution in [0.25, 0.3) is 11.0 Å². The molecule has 0 saturated heterocycles. The van der Waals surface area contributed by atoms with Gasteiger partial charge in [0.1, 0.15) is 11.3 Å². The Morgan fingerprint density at radius 3 is 2.80 bits per heavy atom. The van der Waals surface area contributed by atoms with Crippen molar-refractivity contribution in [1.29, 1.82) is 0 Å². The van der Waals surface area contributed by atoms with Crippen LogP contribution in [0.2, 0.25) is 0 Å². The molecule has 0 spiro atoms. The van der Waals surface area contributed by atoms with Gasteiger partial charge in [0.2, 0.25) is 0 Å². The van der Waals surface area contributed by atoms with Crippen LogP contribution in [0, 0.1) is 0 Å². The van der Waals surface area contributed by atoms with Gasteiger partial charge in [-0.1, -0.05) is 29.5 Å². The van der Waals surface area contributed by atoms with Gasteiger partial charge in [-0.2, -0.15) is 5.10 Å². The molecule has 1 heterocycles. The smallest absolute Gasteiger partial charge is 0.337 e. The number of aromatic nitrogens is 3. The van der Waals surface area contributed by atoms with Gasteiger partial charge in [0.05, 0.1) is 36.6 Å². The first-order valence-electron chi connectivity index (χ1n) is 9.22. The van der Waals surface area contributed by atoms with E-state index in [0.717, 1.165) is 27.9 Å². The number of methoxy groups -OCH3 is 1. The fraction of sp³-hybridized carbons (Fsp3) is 0.0909. The lowest BCUT2D eigenvalue weighted by Crippen LogP contribution is -2.05. The van der Waals surface area contributed by atoms with E-state index in [9.17, 15) is 9.90 Å². The standard InChI is InChI=1S/C22H19N5O3/c1-30-21-11-10-15(13-23-24-18-7-3-2-6-17(18)22(28)29)12-16(21)14-27-20-9-5-4-8-19(20)25-26-27/h2-13,24H,14H2,1H3,(H,28,29). The molecule has 0 amide bonds. The lowest BCUT2D eigenvalue weighted by molar-refractivity contribution is 0.0698. The zero-order valence-corrected chi connectivity index (χ0v) is 16.2. The molecule has 0 bridgehead atoms. The summed E-state index contributed by atoms with van der Waals surface area (Å²) in [4.78, 5) is 11.3. The summed E-state index contributed by atoms with van der Waals surface area (Å²) in [7, 11) is 1.62. The van der Waals surface area contributed by atoms with E-state index in [0.29, 0.717) is 12.2 Å². The molecule has 0 atom stereocenters. The van der Waals surface area contributed by atoms with Gasteiger partial charge in [-0.25, -0.2) is 9.48 Å². The van der Waals surface area contributed by atoms with Crippen LogP contribution in [-0.2, 0) is 6.54 Å². The van der Waals surface area contributed by atoms with Gasteiger partial charge in [-0.15, -0.1) is 5.10 Å². The lowest BCUT2D eigenvalue weighted by Gasteiger charge is -2.10. The fourth-order valence-corrected chi connectivity index (χ4v) is 3.14. The van der Waals surface area contributed by atoms with E-state index in [4.69, 9.17) is 4.74 Å². The Balaban J connectivity index is 1.57. The van der Waals surface area contributed by atoms with Crippen LogP contribution in [0.5, 0.6) is 5.75 Å². The number of benzene rings is 3. The zero-order chi connectivity index (χ0) is 20.9. The number of hydrogen-bond donors (Lipinski definition) is 2. The molecule has 0 radical (unpaired) electrons. The minimum atomic E-state index is -1.01. The third-order valence-corrected chi connectivity index (χ3v) is 4.60. The van der Waals surface area contributed by atoms with E-state index < -0.39 is 5.97 Å². The second-order valence-corrected chi connectivity index (χ2v) is 6.53. The third kappa shape index (κ3) is 3.97. The van der Waals surface area contributed by atoms with Crippen molar-refractivity contribution in [1.82, 2.24) is 15.0 Å². The summed E-state index contributed by atoms with van der Waals surface area (Å²) < 4.78 is 7.31. The number of anilines is 1. The van der Waals surface area contributed by atoms with Crippen molar-refractivity contribution in [3.63, 3.8) is 0 Å². The Hall–Kier alpha value is -4.20. The Morgan fingerprint density at radius 2 is 1.97 bits per heavy atom. The van der Waals surface area contributed by atoms with E-state index >= 15 is 0 Å². The highest BCUT2D eigenvalue weighted by Crippen LogP contribution is 2.22. The summed E-state index contributed by atoms with van der Waals surface area (Å²) in [6.45, 7) is 0.487. The monoisotopic (exact) mass is 401 g/mol. The highest BCUT2D eigenvalue weighted by molar-refractivity contribution is 5.94. The molecule has 8 nitrogen and oxygen atoms in total. The first-order valence-corrected chi connectivity index (χ1v) is 9.22. The molecule has 4 aromatic rings. The molecule has 3 aromatic carbocycles. The average molecular weight is 401 g/mol. The summed E-state index contributed by atoms with van der Waals surface area (Å²) in [5, 5.41) is 21.9. The number of rotatable bonds is 7. The van der Waals surface area contributed by atoms with Gasteiger partial charge >= 0.3 is 5.97 Å². The fourth-order valence-electron chi connectivity index (χ4n) is 3.14. The number of nitrogens with zero attached hydrogens (tertiary/aromatic N) is 4. The summed E-state index contributed by atoms with van der Waals surface area (Å²) in [5.41, 5.74) is 6.88. The van der Waals surface area contributed by atoms with Gasteiger partial charge in [-0.3, -0.25) is 5.43 Å². The topological polar surface area (TPSA) is 102 Å². The van der Waals surface area contributed by atoms with E-state index in [1.54, 1.807) is 31.5 Å². The average Bonchev–Trinajstić information content (AvgIpc) is 3.17. The minimum Gasteiger partial charge on any atom is -0.496 e. The molecule has 0 aliphatic rings. The van der Waals surface area contributed by atoms with E-state index in [2.05, 4.69) is 20.8 Å². The summed E-state index contributed by atoms with van der Waals surface area (Å²) in [6.07, 6.45) is 1.63. The third-order valence-electron chi connectivity index (χ3n) is 4.60. The maximum absolute atomic E-state index is 11.3. The van der Waals surface area contributed by atoms with Crippen LogP contribution in [0.4, 0.5) is 5.69 Å². The number of carboxylic acids is 1. The number of carboxylic acid groups (broad SMARTS) is 1. The van der Waals surface area contributed by atoms with Crippen molar-refractivity contribution in [2.24, 2.45) is 5.10 Å². The van der Waals surface area contributed by atoms with E-state index in [1.807, 2.05) is 47.1 Å². The maximum atomic E-state index is 11.3. The lowest BCUT2D eigenvalue weighted by atomic mass is 10.1. The Bertz CT molecular complexity index is 1230. The first kappa shape index (κ1) is 19.1. The molecule has 8 heteroatoms. The first-order chi connectivity index (χ1) is 14.7. The zero-order valence-electron chi connectivity index (χ0n) is 16.2. The maximum Gasteiger partial charge on any atom is 0.337 e. The minimum absolute atomic E-state index is 0.156. The summed E-state index contributed by atoms with van der Waals surface area (Å²) in [6, 6.07) is 20.0. The molecular weight excluding hydrogens is 382 g/mol. The Morgan fingerprint density at radius 1 is 1.17 bits per heavy atom. The van der Waals surface area contributed by atoms with Crippen molar-refractivity contribution >= 4 is 28.9 Å². The number of ether oxygens (including phenoxy) is 1. The van der Waals surface area contributed by atoms with Crippen LogP contribution in [-0.4, -0.2) is 39.4 Å². The molecule has 0 aliphatic heterocycles. The molecule has 4 rings (SSSR count). The van der Waals surface area contributed by atoms with Crippen molar-refractivity contribution in [3.8, 4) is 5.75 Å². The molecule has 2 N–H and O–H groups in total. The second-order valence-electron chi connectivity index (χ2n) is 6.53. The number of hydrogen-bond acceptors (Lipinski definition) is 6. The largest absolute Gasteiger partial charge is 0.496 e. The number of carbonyl (C=O) groups is 1. The van der Waals surface area contributed by atoms with Crippen LogP contribution in [0.15, 0.2) is 71.8 Å². The number of aromatic carboxylic acids is 1. The predicted molar refractivity (Wildman–Crippen MR) is 114 cm³/mol. The molecule has 1 aromatic heterocycles. The van der Waals surface area contributed by atoms with Gasteiger partial charge < -0.3 is 9.84 Å². The van der Waals surface area contributed by atoms with Crippen molar-refractivity contribution in [2.45, 2.75) is 6.54 Å². The molecule has 0 unspecified atom stereocenters. The predicted octanol–water partition coefficient (Wildman–Crippen LogP) is 3.63. The van der Waals surface area contributed by atoms with Crippen molar-refractivity contribution < 1.29 is 14.6 Å². The van der Waals surface area contributed by atoms with Gasteiger partial charge in [-0.05, 0) is 48.0 Å². The molecular formula is C22H19N5O3. The highest BCUT2D eigenvalue weighted by Gasteiger charge is 2.10. The molecule has 0 saturated carbocycles. The van der Waals surface area contributed by atoms with E-state index in [-0.39, 0.29) is 5.56 Å². The molecule has 0 fully saturated rings. The number of nitrogens with one attached hydrogen (secondary N) is 1. The number of hydrazone groups is 1. The van der Waals surface area contributed by atoms with Gasteiger partial charge in [0.25, 0.3) is 0 Å². The van der Waals surface area contributed by atoms with Crippen LogP contribution < -0.4 is 10.2 Å². The van der Waals surface area contributed by atoms with Crippen LogP contribution in [0.1, 0.15) is 21.5 Å². The van der Waals surface area contributed by atoms with Gasteiger partial charge in [0.15, 0.2) is 0 Å². The van der Waals surface area contributed by atoms with Crippen LogP contribution in [0.3, 0.4) is 0 Å². The van der Waals surface area contributed by atoms with E-state index in [1.165, 1.54) is 6.07 Å². The molecule has 0 aliphatic carbocycles. The highest BCUT2D eigenvalue weighted by atomic mass is 16.5. The number of fused-ring (bicyclic) bond motifs is 1. The quantitative estimate of drug-likeness (QED) is 0.362. The molecule has 30 heavy (non-hydrogen) atoms. The van der Waals surface area contributed by atoms with Crippen molar-refractivity contribution in [3.05, 3.63) is 83.4 Å². The Kier molecular flexibility index (Phi) is 5.38. The Labute approximate surface area is 172 Å². The molecule has 150 valence electrons. The normalized spacial score (nSPS) is 11.1. The SMILES string of the molecule is COc1ccc(C=NNc2ccccc2C(=O)O)cc1Cn1nnc2ccccc21. The summed E-state index contributed by atoms with van der Waals surface area (Å²) >= 11 is 0. The second kappa shape index (κ2) is 8.44. The van der Waals surface area contributed by atoms with Gasteiger partial charge in [0, 0.05) is 5.56 Å².